The van der Waals surface area contributed by atoms with Crippen molar-refractivity contribution in [2.24, 2.45) is 0 Å². The van der Waals surface area contributed by atoms with Gasteiger partial charge in [0.2, 0.25) is 5.95 Å². The zero-order valence-corrected chi connectivity index (χ0v) is 9.66. The monoisotopic (exact) mass is 255 g/mol. The van der Waals surface area contributed by atoms with Crippen molar-refractivity contribution in [3.63, 3.8) is 0 Å². The van der Waals surface area contributed by atoms with E-state index in [1.165, 1.54) is 24.5 Å². The number of hydrogen-bond donors (Lipinski definition) is 3. The molecule has 19 heavy (non-hydrogen) atoms. The first-order chi connectivity index (χ1) is 9.19. The predicted octanol–water partition coefficient (Wildman–Crippen LogP) is 1.06. The highest BCUT2D eigenvalue weighted by Crippen LogP contribution is 2.14. The van der Waals surface area contributed by atoms with Gasteiger partial charge in [-0.1, -0.05) is 12.1 Å². The number of carbonyl (C=O) groups excluding carboxylic acids is 1. The Hall–Kier alpha value is -3.14. The normalized spacial score (nSPS) is 10.8. The zero-order valence-electron chi connectivity index (χ0n) is 9.66. The van der Waals surface area contributed by atoms with Gasteiger partial charge in [-0.25, -0.2) is 5.10 Å². The Morgan fingerprint density at radius 1 is 1.53 bits per heavy atom. The van der Waals surface area contributed by atoms with Crippen LogP contribution in [0, 0.1) is 11.3 Å². The Morgan fingerprint density at radius 2 is 2.37 bits per heavy atom. The van der Waals surface area contributed by atoms with Crippen molar-refractivity contribution in [3.05, 3.63) is 41.7 Å². The highest BCUT2D eigenvalue weighted by Gasteiger charge is 2.10. The van der Waals surface area contributed by atoms with Gasteiger partial charge in [0, 0.05) is 0 Å². The molecule has 1 heterocycles. The number of rotatable bonds is 3. The summed E-state index contributed by atoms with van der Waals surface area (Å²) in [6.07, 6.45) is 2.60. The number of H-pyrrole nitrogens is 1. The summed E-state index contributed by atoms with van der Waals surface area (Å²) in [6, 6.07) is 8.01. The van der Waals surface area contributed by atoms with Crippen LogP contribution in [0.1, 0.15) is 5.56 Å². The standard InChI is InChI=1S/C12H9N5O2/c13-6-9(4-8-2-1-3-10(18)5-8)11(19)16-12-14-7-15-17-12/h1-5,7,18H,(H2,14,15,16,17,19)/b9-4+. The molecule has 0 saturated carbocycles. The quantitative estimate of drug-likeness (QED) is 0.560. The van der Waals surface area contributed by atoms with Crippen molar-refractivity contribution in [2.75, 3.05) is 5.32 Å². The van der Waals surface area contributed by atoms with Gasteiger partial charge < -0.3 is 5.11 Å². The van der Waals surface area contributed by atoms with Gasteiger partial charge >= 0.3 is 0 Å². The van der Waals surface area contributed by atoms with Crippen LogP contribution < -0.4 is 5.32 Å². The van der Waals surface area contributed by atoms with Crippen LogP contribution >= 0.6 is 0 Å². The third-order valence-electron chi connectivity index (χ3n) is 2.19. The highest BCUT2D eigenvalue weighted by atomic mass is 16.3. The fourth-order valence-corrected chi connectivity index (χ4v) is 1.37. The Morgan fingerprint density at radius 3 is 3.00 bits per heavy atom. The van der Waals surface area contributed by atoms with Crippen LogP contribution in [0.25, 0.3) is 6.08 Å². The summed E-state index contributed by atoms with van der Waals surface area (Å²) in [5.41, 5.74) is 0.436. The van der Waals surface area contributed by atoms with E-state index >= 15 is 0 Å². The molecule has 2 aromatic rings. The molecule has 1 amide bonds. The summed E-state index contributed by atoms with van der Waals surface area (Å²) >= 11 is 0. The maximum atomic E-state index is 11.8. The molecule has 1 aromatic carbocycles. The Bertz CT molecular complexity index is 655. The number of phenolic OH excluding ortho intramolecular Hbond substituents is 1. The van der Waals surface area contributed by atoms with E-state index in [-0.39, 0.29) is 17.3 Å². The minimum Gasteiger partial charge on any atom is -0.508 e. The van der Waals surface area contributed by atoms with Gasteiger partial charge in [0.05, 0.1) is 0 Å². The predicted molar refractivity (Wildman–Crippen MR) is 66.7 cm³/mol. The van der Waals surface area contributed by atoms with Gasteiger partial charge in [-0.2, -0.15) is 15.3 Å². The number of anilines is 1. The van der Waals surface area contributed by atoms with E-state index in [1.807, 2.05) is 0 Å². The maximum Gasteiger partial charge on any atom is 0.268 e. The first-order valence-corrected chi connectivity index (χ1v) is 5.26. The van der Waals surface area contributed by atoms with Gasteiger partial charge in [0.25, 0.3) is 5.91 Å². The first kappa shape index (κ1) is 12.3. The summed E-state index contributed by atoms with van der Waals surface area (Å²) in [4.78, 5) is 15.5. The van der Waals surface area contributed by atoms with E-state index in [0.29, 0.717) is 5.56 Å². The Kier molecular flexibility index (Phi) is 3.54. The van der Waals surface area contributed by atoms with Crippen molar-refractivity contribution >= 4 is 17.9 Å². The number of nitriles is 1. The second kappa shape index (κ2) is 5.46. The van der Waals surface area contributed by atoms with Crippen LogP contribution in [-0.2, 0) is 4.79 Å². The van der Waals surface area contributed by atoms with Crippen LogP contribution in [0.2, 0.25) is 0 Å². The maximum absolute atomic E-state index is 11.8. The number of nitrogens with zero attached hydrogens (tertiary/aromatic N) is 3. The molecule has 7 heteroatoms. The second-order valence-electron chi connectivity index (χ2n) is 3.55. The van der Waals surface area contributed by atoms with Crippen molar-refractivity contribution in [2.45, 2.75) is 0 Å². The third-order valence-corrected chi connectivity index (χ3v) is 2.19. The molecule has 2 rings (SSSR count). The minimum atomic E-state index is -0.609. The van der Waals surface area contributed by atoms with Crippen LogP contribution in [0.3, 0.4) is 0 Å². The number of hydrogen-bond acceptors (Lipinski definition) is 5. The molecule has 0 aliphatic rings. The number of carbonyl (C=O) groups is 1. The van der Waals surface area contributed by atoms with Crippen LogP contribution in [-0.4, -0.2) is 26.2 Å². The molecule has 0 unspecified atom stereocenters. The van der Waals surface area contributed by atoms with E-state index in [0.717, 1.165) is 0 Å². The lowest BCUT2D eigenvalue weighted by Crippen LogP contribution is -2.14. The van der Waals surface area contributed by atoms with Crippen molar-refractivity contribution in [1.29, 1.82) is 5.26 Å². The van der Waals surface area contributed by atoms with Crippen molar-refractivity contribution in [1.82, 2.24) is 15.2 Å². The number of aromatic nitrogens is 3. The Balaban J connectivity index is 2.20. The third kappa shape index (κ3) is 3.17. The van der Waals surface area contributed by atoms with Gasteiger partial charge in [-0.3, -0.25) is 10.1 Å². The molecule has 0 aliphatic heterocycles. The summed E-state index contributed by atoms with van der Waals surface area (Å²) < 4.78 is 0. The summed E-state index contributed by atoms with van der Waals surface area (Å²) in [5.74, 6) is -0.397. The smallest absolute Gasteiger partial charge is 0.268 e. The lowest BCUT2D eigenvalue weighted by molar-refractivity contribution is -0.112. The molecule has 3 N–H and O–H groups in total. The first-order valence-electron chi connectivity index (χ1n) is 5.26. The summed E-state index contributed by atoms with van der Waals surface area (Å²) in [6.45, 7) is 0. The van der Waals surface area contributed by atoms with E-state index < -0.39 is 5.91 Å². The molecular formula is C12H9N5O2. The average Bonchev–Trinajstić information content (AvgIpc) is 2.88. The van der Waals surface area contributed by atoms with Crippen LogP contribution in [0.15, 0.2) is 36.2 Å². The molecule has 94 valence electrons. The molecular weight excluding hydrogens is 246 g/mol. The second-order valence-corrected chi connectivity index (χ2v) is 3.55. The van der Waals surface area contributed by atoms with Gasteiger partial charge in [-0.15, -0.1) is 0 Å². The molecule has 0 saturated heterocycles. The van der Waals surface area contributed by atoms with Crippen LogP contribution in [0.4, 0.5) is 5.95 Å². The largest absolute Gasteiger partial charge is 0.508 e. The summed E-state index contributed by atoms with van der Waals surface area (Å²) in [5, 5.41) is 26.7. The summed E-state index contributed by atoms with van der Waals surface area (Å²) in [7, 11) is 0. The molecule has 0 atom stereocenters. The average molecular weight is 255 g/mol. The highest BCUT2D eigenvalue weighted by molar-refractivity contribution is 6.08. The van der Waals surface area contributed by atoms with E-state index in [4.69, 9.17) is 5.26 Å². The number of amides is 1. The molecule has 0 radical (unpaired) electrons. The van der Waals surface area contributed by atoms with Gasteiger partial charge in [-0.05, 0) is 23.8 Å². The molecule has 0 aliphatic carbocycles. The molecule has 0 spiro atoms. The lowest BCUT2D eigenvalue weighted by Gasteiger charge is -2.00. The minimum absolute atomic E-state index is 0.0571. The van der Waals surface area contributed by atoms with Crippen molar-refractivity contribution < 1.29 is 9.90 Å². The lowest BCUT2D eigenvalue weighted by atomic mass is 10.1. The number of phenols is 1. The van der Waals surface area contributed by atoms with Crippen molar-refractivity contribution in [3.8, 4) is 11.8 Å². The number of benzene rings is 1. The van der Waals surface area contributed by atoms with Crippen LogP contribution in [0.5, 0.6) is 5.75 Å². The number of nitrogens with one attached hydrogen (secondary N) is 2. The molecule has 7 nitrogen and oxygen atoms in total. The van der Waals surface area contributed by atoms with E-state index in [1.54, 1.807) is 18.2 Å². The topological polar surface area (TPSA) is 115 Å². The van der Waals surface area contributed by atoms with E-state index in [9.17, 15) is 9.90 Å². The number of aromatic hydroxyl groups is 1. The zero-order chi connectivity index (χ0) is 13.7. The fraction of sp³-hybridized carbons (Fsp3) is 0. The van der Waals surface area contributed by atoms with Gasteiger partial charge in [0.15, 0.2) is 0 Å². The Labute approximate surface area is 108 Å². The SMILES string of the molecule is N#C/C(=C\c1cccc(O)c1)C(=O)Nc1ncn[nH]1. The van der Waals surface area contributed by atoms with Gasteiger partial charge in [0.1, 0.15) is 23.7 Å². The molecule has 1 aromatic heterocycles. The number of aromatic amines is 1. The molecule has 0 fully saturated rings. The molecule has 0 bridgehead atoms. The van der Waals surface area contributed by atoms with E-state index in [2.05, 4.69) is 20.5 Å². The fourth-order valence-electron chi connectivity index (χ4n) is 1.37.